The number of halogens is 3. The minimum Gasteiger partial charge on any atom is -0.351 e. The fourth-order valence-electron chi connectivity index (χ4n) is 2.21. The SMILES string of the molecule is CC(C)(C)c1ccc(N/C(=C/C(=O)c2ccccc2)C(F)(F)F)cc1. The fraction of sp³-hybridized carbons (Fsp3) is 0.250. The maximum absolute atomic E-state index is 13.3. The molecule has 2 nitrogen and oxygen atoms in total. The Hall–Kier alpha value is -2.56. The number of carbonyl (C=O) groups excluding carboxylic acids is 1. The van der Waals surface area contributed by atoms with Gasteiger partial charge in [-0.1, -0.05) is 63.2 Å². The molecule has 0 radical (unpaired) electrons. The molecule has 0 saturated carbocycles. The second-order valence-electron chi connectivity index (χ2n) is 6.74. The highest BCUT2D eigenvalue weighted by atomic mass is 19.4. The zero-order chi connectivity index (χ0) is 18.7. The molecule has 2 rings (SSSR count). The monoisotopic (exact) mass is 347 g/mol. The van der Waals surface area contributed by atoms with Crippen molar-refractivity contribution in [1.29, 1.82) is 0 Å². The summed E-state index contributed by atoms with van der Waals surface area (Å²) in [5.41, 5.74) is 0.303. The molecule has 0 aromatic heterocycles. The van der Waals surface area contributed by atoms with Gasteiger partial charge in [0.1, 0.15) is 5.70 Å². The van der Waals surface area contributed by atoms with Crippen LogP contribution in [0.4, 0.5) is 18.9 Å². The van der Waals surface area contributed by atoms with Crippen LogP contribution < -0.4 is 5.32 Å². The van der Waals surface area contributed by atoms with E-state index in [2.05, 4.69) is 5.32 Å². The first-order valence-electron chi connectivity index (χ1n) is 7.83. The van der Waals surface area contributed by atoms with E-state index in [9.17, 15) is 18.0 Å². The lowest BCUT2D eigenvalue weighted by atomic mass is 9.87. The van der Waals surface area contributed by atoms with Crippen LogP contribution in [0, 0.1) is 0 Å². The number of benzene rings is 2. The van der Waals surface area contributed by atoms with E-state index in [0.717, 1.165) is 5.56 Å². The van der Waals surface area contributed by atoms with E-state index >= 15 is 0 Å². The van der Waals surface area contributed by atoms with E-state index in [4.69, 9.17) is 0 Å². The van der Waals surface area contributed by atoms with Crippen molar-refractivity contribution in [3.63, 3.8) is 0 Å². The number of rotatable bonds is 4. The molecule has 0 amide bonds. The average Bonchev–Trinajstić information content (AvgIpc) is 2.54. The van der Waals surface area contributed by atoms with Crippen LogP contribution in [0.5, 0.6) is 0 Å². The maximum Gasteiger partial charge on any atom is 0.431 e. The molecule has 25 heavy (non-hydrogen) atoms. The summed E-state index contributed by atoms with van der Waals surface area (Å²) in [5.74, 6) is -0.702. The highest BCUT2D eigenvalue weighted by Crippen LogP contribution is 2.29. The number of hydrogen-bond acceptors (Lipinski definition) is 2. The van der Waals surface area contributed by atoms with Crippen molar-refractivity contribution in [2.75, 3.05) is 5.32 Å². The Bertz CT molecular complexity index is 754. The molecule has 2 aromatic rings. The normalized spacial score (nSPS) is 12.8. The summed E-state index contributed by atoms with van der Waals surface area (Å²) in [5, 5.41) is 2.31. The Balaban J connectivity index is 2.27. The van der Waals surface area contributed by atoms with E-state index in [1.165, 1.54) is 12.1 Å². The van der Waals surface area contributed by atoms with Crippen molar-refractivity contribution in [2.24, 2.45) is 0 Å². The molecule has 0 aliphatic carbocycles. The summed E-state index contributed by atoms with van der Waals surface area (Å²) in [4.78, 5) is 12.1. The van der Waals surface area contributed by atoms with Crippen molar-refractivity contribution in [3.05, 3.63) is 77.5 Å². The molecule has 2 aromatic carbocycles. The number of hydrogen-bond donors (Lipinski definition) is 1. The van der Waals surface area contributed by atoms with Crippen LogP contribution in [0.25, 0.3) is 0 Å². The number of anilines is 1. The molecule has 0 fully saturated rings. The van der Waals surface area contributed by atoms with Crippen molar-refractivity contribution >= 4 is 11.5 Å². The summed E-state index contributed by atoms with van der Waals surface area (Å²) in [6, 6.07) is 14.6. The van der Waals surface area contributed by atoms with Gasteiger partial charge in [0, 0.05) is 17.3 Å². The van der Waals surface area contributed by atoms with Gasteiger partial charge >= 0.3 is 6.18 Å². The largest absolute Gasteiger partial charge is 0.431 e. The predicted molar refractivity (Wildman–Crippen MR) is 93.7 cm³/mol. The van der Waals surface area contributed by atoms with E-state index in [-0.39, 0.29) is 16.7 Å². The first kappa shape index (κ1) is 18.8. The van der Waals surface area contributed by atoms with Crippen LogP contribution in [0.2, 0.25) is 0 Å². The molecule has 132 valence electrons. The molecule has 0 aliphatic heterocycles. The Kier molecular flexibility index (Phi) is 5.36. The molecular formula is C20H20F3NO. The summed E-state index contributed by atoms with van der Waals surface area (Å²) in [7, 11) is 0. The van der Waals surface area contributed by atoms with E-state index < -0.39 is 17.7 Å². The van der Waals surface area contributed by atoms with Crippen molar-refractivity contribution in [2.45, 2.75) is 32.4 Å². The zero-order valence-electron chi connectivity index (χ0n) is 14.3. The summed E-state index contributed by atoms with van der Waals surface area (Å²) >= 11 is 0. The zero-order valence-corrected chi connectivity index (χ0v) is 14.3. The molecular weight excluding hydrogens is 327 g/mol. The van der Waals surface area contributed by atoms with Crippen molar-refractivity contribution < 1.29 is 18.0 Å². The Morgan fingerprint density at radius 3 is 1.96 bits per heavy atom. The number of alkyl halides is 3. The number of ketones is 1. The minimum atomic E-state index is -4.66. The quantitative estimate of drug-likeness (QED) is 0.566. The Morgan fingerprint density at radius 2 is 1.48 bits per heavy atom. The minimum absolute atomic E-state index is 0.0928. The number of allylic oxidation sites excluding steroid dienone is 2. The number of carbonyl (C=O) groups is 1. The smallest absolute Gasteiger partial charge is 0.351 e. The van der Waals surface area contributed by atoms with E-state index in [1.54, 1.807) is 42.5 Å². The highest BCUT2D eigenvalue weighted by molar-refractivity contribution is 6.05. The molecule has 0 spiro atoms. The van der Waals surface area contributed by atoms with Crippen molar-refractivity contribution in [1.82, 2.24) is 0 Å². The Morgan fingerprint density at radius 1 is 0.920 bits per heavy atom. The van der Waals surface area contributed by atoms with Gasteiger partial charge in [0.05, 0.1) is 0 Å². The summed E-state index contributed by atoms with van der Waals surface area (Å²) < 4.78 is 39.8. The maximum atomic E-state index is 13.3. The van der Waals surface area contributed by atoms with Gasteiger partial charge in [-0.15, -0.1) is 0 Å². The lowest BCUT2D eigenvalue weighted by Gasteiger charge is -2.20. The van der Waals surface area contributed by atoms with Crippen molar-refractivity contribution in [3.8, 4) is 0 Å². The van der Waals surface area contributed by atoms with Crippen LogP contribution in [0.3, 0.4) is 0 Å². The lowest BCUT2D eigenvalue weighted by molar-refractivity contribution is -0.0903. The highest BCUT2D eigenvalue weighted by Gasteiger charge is 2.34. The van der Waals surface area contributed by atoms with Gasteiger partial charge in [0.15, 0.2) is 5.78 Å². The van der Waals surface area contributed by atoms with Crippen LogP contribution in [-0.2, 0) is 5.41 Å². The lowest BCUT2D eigenvalue weighted by Crippen LogP contribution is -2.20. The van der Waals surface area contributed by atoms with E-state index in [1.807, 2.05) is 20.8 Å². The van der Waals surface area contributed by atoms with E-state index in [0.29, 0.717) is 6.08 Å². The molecule has 0 atom stereocenters. The van der Waals surface area contributed by atoms with Gasteiger partial charge in [-0.25, -0.2) is 0 Å². The summed E-state index contributed by atoms with van der Waals surface area (Å²) in [6.07, 6.45) is -4.07. The molecule has 0 saturated heterocycles. The fourth-order valence-corrected chi connectivity index (χ4v) is 2.21. The molecule has 0 aliphatic rings. The average molecular weight is 347 g/mol. The van der Waals surface area contributed by atoms with Crippen LogP contribution >= 0.6 is 0 Å². The molecule has 0 heterocycles. The second kappa shape index (κ2) is 7.13. The van der Waals surface area contributed by atoms with Gasteiger partial charge in [0.25, 0.3) is 0 Å². The molecule has 0 bridgehead atoms. The third-order valence-electron chi connectivity index (χ3n) is 3.67. The van der Waals surface area contributed by atoms with Crippen LogP contribution in [0.1, 0.15) is 36.7 Å². The van der Waals surface area contributed by atoms with Gasteiger partial charge in [0.2, 0.25) is 0 Å². The predicted octanol–water partition coefficient (Wildman–Crippen LogP) is 5.73. The van der Waals surface area contributed by atoms with Crippen LogP contribution in [0.15, 0.2) is 66.4 Å². The molecule has 1 N–H and O–H groups in total. The van der Waals surface area contributed by atoms with Crippen LogP contribution in [-0.4, -0.2) is 12.0 Å². The second-order valence-corrected chi connectivity index (χ2v) is 6.74. The molecule has 5 heteroatoms. The third-order valence-corrected chi connectivity index (χ3v) is 3.67. The standard InChI is InChI=1S/C20H20F3NO/c1-19(2,3)15-9-11-16(12-10-15)24-18(20(21,22)23)13-17(25)14-7-5-4-6-8-14/h4-13,24H,1-3H3/b18-13+. The van der Waals surface area contributed by atoms with Gasteiger partial charge < -0.3 is 5.32 Å². The Labute approximate surface area is 145 Å². The molecule has 0 unspecified atom stereocenters. The number of nitrogens with one attached hydrogen (secondary N) is 1. The third kappa shape index (κ3) is 5.21. The van der Waals surface area contributed by atoms with Gasteiger partial charge in [-0.3, -0.25) is 4.79 Å². The topological polar surface area (TPSA) is 29.1 Å². The first-order chi connectivity index (χ1) is 11.6. The van der Waals surface area contributed by atoms with Gasteiger partial charge in [-0.2, -0.15) is 13.2 Å². The summed E-state index contributed by atoms with van der Waals surface area (Å²) in [6.45, 7) is 6.07. The van der Waals surface area contributed by atoms with Gasteiger partial charge in [-0.05, 0) is 23.1 Å². The first-order valence-corrected chi connectivity index (χ1v) is 7.83.